The summed E-state index contributed by atoms with van der Waals surface area (Å²) in [7, 11) is 0. The van der Waals surface area contributed by atoms with Crippen molar-refractivity contribution in [3.63, 3.8) is 0 Å². The molecule has 0 bridgehead atoms. The number of hydrogen-bond donors (Lipinski definition) is 0. The van der Waals surface area contributed by atoms with E-state index in [1.165, 1.54) is 11.3 Å². The maximum Gasteiger partial charge on any atom is 0.272 e. The molecule has 3 nitrogen and oxygen atoms in total. The molecule has 1 aliphatic rings. The first-order chi connectivity index (χ1) is 10.1. The molecule has 21 heavy (non-hydrogen) atoms. The van der Waals surface area contributed by atoms with E-state index in [2.05, 4.69) is 0 Å². The predicted molar refractivity (Wildman–Crippen MR) is 87.3 cm³/mol. The van der Waals surface area contributed by atoms with Crippen molar-refractivity contribution in [1.29, 1.82) is 0 Å². The number of imide groups is 1. The van der Waals surface area contributed by atoms with E-state index in [4.69, 9.17) is 11.6 Å². The van der Waals surface area contributed by atoms with Crippen molar-refractivity contribution in [3.8, 4) is 0 Å². The van der Waals surface area contributed by atoms with Crippen LogP contribution < -0.4 is 0 Å². The van der Waals surface area contributed by atoms with Gasteiger partial charge < -0.3 is 0 Å². The van der Waals surface area contributed by atoms with E-state index in [1.54, 1.807) is 31.2 Å². The Kier molecular flexibility index (Phi) is 3.89. The highest BCUT2D eigenvalue weighted by molar-refractivity contribution is 8.02. The molecule has 1 aromatic carbocycles. The molecular weight excluding hydrogens is 326 g/mol. The minimum Gasteiger partial charge on any atom is -0.268 e. The highest BCUT2D eigenvalue weighted by Gasteiger charge is 2.36. The van der Waals surface area contributed by atoms with Gasteiger partial charge in [-0.2, -0.15) is 0 Å². The summed E-state index contributed by atoms with van der Waals surface area (Å²) in [5.41, 5.74) is 0.880. The van der Waals surface area contributed by atoms with E-state index < -0.39 is 0 Å². The standard InChI is InChI=1S/C15H10ClNO2S2/c1-9(13(16)12-7-4-8-20-12)21-17-14(18)10-5-2-3-6-11(10)15(17)19/h2-8H,1H3/b13-9+. The quantitative estimate of drug-likeness (QED) is 0.606. The first-order valence-electron chi connectivity index (χ1n) is 6.15. The second-order valence-electron chi connectivity index (χ2n) is 4.39. The fraction of sp³-hybridized carbons (Fsp3) is 0.0667. The fourth-order valence-electron chi connectivity index (χ4n) is 2.00. The number of halogens is 1. The van der Waals surface area contributed by atoms with Gasteiger partial charge in [-0.05, 0) is 42.5 Å². The molecule has 1 aromatic heterocycles. The number of thiophene rings is 1. The van der Waals surface area contributed by atoms with Gasteiger partial charge >= 0.3 is 0 Å². The Balaban J connectivity index is 1.89. The van der Waals surface area contributed by atoms with Crippen LogP contribution in [-0.2, 0) is 0 Å². The smallest absolute Gasteiger partial charge is 0.268 e. The van der Waals surface area contributed by atoms with Crippen molar-refractivity contribution in [2.75, 3.05) is 0 Å². The Hall–Kier alpha value is -1.56. The molecule has 0 atom stereocenters. The third-order valence-corrected chi connectivity index (χ3v) is 5.62. The lowest BCUT2D eigenvalue weighted by molar-refractivity contribution is 0.0777. The molecule has 0 spiro atoms. The van der Waals surface area contributed by atoms with Gasteiger partial charge in [-0.15, -0.1) is 11.3 Å². The van der Waals surface area contributed by atoms with Crippen LogP contribution in [0.25, 0.3) is 5.03 Å². The molecule has 0 unspecified atom stereocenters. The Labute approximate surface area is 135 Å². The van der Waals surface area contributed by atoms with Crippen LogP contribution in [0.4, 0.5) is 0 Å². The van der Waals surface area contributed by atoms with Crippen molar-refractivity contribution >= 4 is 51.7 Å². The molecule has 0 N–H and O–H groups in total. The van der Waals surface area contributed by atoms with Gasteiger partial charge in [-0.25, -0.2) is 4.31 Å². The summed E-state index contributed by atoms with van der Waals surface area (Å²) in [6.45, 7) is 1.80. The molecule has 2 aromatic rings. The summed E-state index contributed by atoms with van der Waals surface area (Å²) in [5, 5.41) is 2.49. The molecule has 6 heteroatoms. The summed E-state index contributed by atoms with van der Waals surface area (Å²) in [5.74, 6) is -0.591. The molecule has 0 radical (unpaired) electrons. The van der Waals surface area contributed by atoms with Crippen LogP contribution in [-0.4, -0.2) is 16.1 Å². The topological polar surface area (TPSA) is 37.4 Å². The van der Waals surface area contributed by atoms with Gasteiger partial charge in [0.1, 0.15) is 0 Å². The number of rotatable bonds is 3. The summed E-state index contributed by atoms with van der Waals surface area (Å²) < 4.78 is 1.16. The number of allylic oxidation sites excluding steroid dienone is 1. The third kappa shape index (κ3) is 2.52. The first kappa shape index (κ1) is 14.4. The van der Waals surface area contributed by atoms with Gasteiger partial charge in [0.15, 0.2) is 0 Å². The van der Waals surface area contributed by atoms with Crippen LogP contribution in [0, 0.1) is 0 Å². The number of benzene rings is 1. The van der Waals surface area contributed by atoms with Crippen LogP contribution in [0.15, 0.2) is 46.7 Å². The Bertz CT molecular complexity index is 718. The lowest BCUT2D eigenvalue weighted by atomic mass is 10.1. The summed E-state index contributed by atoms with van der Waals surface area (Å²) in [4.78, 5) is 26.2. The maximum absolute atomic E-state index is 12.3. The van der Waals surface area contributed by atoms with Crippen LogP contribution in [0.1, 0.15) is 32.5 Å². The molecule has 106 valence electrons. The van der Waals surface area contributed by atoms with Gasteiger partial charge in [-0.3, -0.25) is 9.59 Å². The second kappa shape index (κ2) is 5.67. The van der Waals surface area contributed by atoms with E-state index in [0.29, 0.717) is 21.1 Å². The van der Waals surface area contributed by atoms with Crippen molar-refractivity contribution in [2.24, 2.45) is 0 Å². The van der Waals surface area contributed by atoms with E-state index in [-0.39, 0.29) is 11.8 Å². The van der Waals surface area contributed by atoms with Crippen LogP contribution in [0.2, 0.25) is 0 Å². The van der Waals surface area contributed by atoms with E-state index in [9.17, 15) is 9.59 Å². The molecule has 0 fully saturated rings. The monoisotopic (exact) mass is 335 g/mol. The minimum absolute atomic E-state index is 0.296. The zero-order valence-corrected chi connectivity index (χ0v) is 13.4. The zero-order valence-electron chi connectivity index (χ0n) is 11.0. The average Bonchev–Trinajstić information content (AvgIpc) is 3.11. The lowest BCUT2D eigenvalue weighted by Crippen LogP contribution is -2.22. The van der Waals surface area contributed by atoms with Crippen LogP contribution in [0.5, 0.6) is 0 Å². The van der Waals surface area contributed by atoms with Gasteiger partial charge in [0, 0.05) is 9.78 Å². The Morgan fingerprint density at radius 3 is 2.24 bits per heavy atom. The predicted octanol–water partition coefficient (Wildman–Crippen LogP) is 4.62. The van der Waals surface area contributed by atoms with Crippen LogP contribution in [0.3, 0.4) is 0 Å². The molecular formula is C15H10ClNO2S2. The molecule has 3 rings (SSSR count). The summed E-state index contributed by atoms with van der Waals surface area (Å²) in [6.07, 6.45) is 0. The van der Waals surface area contributed by atoms with E-state index in [0.717, 1.165) is 21.1 Å². The van der Waals surface area contributed by atoms with Crippen LogP contribution >= 0.6 is 34.9 Å². The largest absolute Gasteiger partial charge is 0.272 e. The molecule has 0 aliphatic carbocycles. The minimum atomic E-state index is -0.296. The van der Waals surface area contributed by atoms with E-state index >= 15 is 0 Å². The van der Waals surface area contributed by atoms with Gasteiger partial charge in [0.2, 0.25) is 0 Å². The molecule has 2 heterocycles. The lowest BCUT2D eigenvalue weighted by Gasteiger charge is -2.13. The normalized spacial score (nSPS) is 15.2. The Morgan fingerprint density at radius 2 is 1.71 bits per heavy atom. The SMILES string of the molecule is C/C(SN1C(=O)c2ccccc2C1=O)=C(\Cl)c1cccs1. The highest BCUT2D eigenvalue weighted by atomic mass is 35.5. The van der Waals surface area contributed by atoms with Gasteiger partial charge in [0.25, 0.3) is 11.8 Å². The first-order valence-corrected chi connectivity index (χ1v) is 8.18. The van der Waals surface area contributed by atoms with Crippen molar-refractivity contribution < 1.29 is 9.59 Å². The Morgan fingerprint density at radius 1 is 1.10 bits per heavy atom. The van der Waals surface area contributed by atoms with Gasteiger partial charge in [-0.1, -0.05) is 29.8 Å². The number of nitrogens with zero attached hydrogens (tertiary/aromatic N) is 1. The fourth-order valence-corrected chi connectivity index (χ4v) is 3.91. The van der Waals surface area contributed by atoms with Crippen molar-refractivity contribution in [2.45, 2.75) is 6.92 Å². The molecule has 2 amide bonds. The molecule has 1 aliphatic heterocycles. The maximum atomic E-state index is 12.3. The van der Waals surface area contributed by atoms with Crippen molar-refractivity contribution in [3.05, 3.63) is 62.7 Å². The zero-order chi connectivity index (χ0) is 15.0. The third-order valence-electron chi connectivity index (χ3n) is 3.03. The number of amides is 2. The summed E-state index contributed by atoms with van der Waals surface area (Å²) in [6, 6.07) is 10.6. The van der Waals surface area contributed by atoms with Gasteiger partial charge in [0.05, 0.1) is 16.2 Å². The average molecular weight is 336 g/mol. The second-order valence-corrected chi connectivity index (χ2v) is 6.87. The number of fused-ring (bicyclic) bond motifs is 1. The molecule has 0 saturated heterocycles. The highest BCUT2D eigenvalue weighted by Crippen LogP contribution is 2.37. The van der Waals surface area contributed by atoms with E-state index in [1.807, 2.05) is 17.5 Å². The number of hydrogen-bond acceptors (Lipinski definition) is 4. The molecule has 0 saturated carbocycles. The number of carbonyl (C=O) groups excluding carboxylic acids is 2. The summed E-state index contributed by atoms with van der Waals surface area (Å²) >= 11 is 8.89. The van der Waals surface area contributed by atoms with Crippen molar-refractivity contribution in [1.82, 2.24) is 4.31 Å². The number of carbonyl (C=O) groups is 2.